The van der Waals surface area contributed by atoms with Crippen molar-refractivity contribution in [3.63, 3.8) is 0 Å². The van der Waals surface area contributed by atoms with E-state index in [0.717, 1.165) is 18.2 Å². The zero-order valence-electron chi connectivity index (χ0n) is 17.2. The lowest BCUT2D eigenvalue weighted by Crippen LogP contribution is -2.43. The number of aliphatic imine (C=N–C) groups is 1. The molecule has 1 amide bonds. The Hall–Kier alpha value is -3.48. The predicted molar refractivity (Wildman–Crippen MR) is 117 cm³/mol. The van der Waals surface area contributed by atoms with Gasteiger partial charge in [-0.25, -0.2) is 0 Å². The van der Waals surface area contributed by atoms with Gasteiger partial charge in [0, 0.05) is 30.3 Å². The van der Waals surface area contributed by atoms with Gasteiger partial charge in [0.25, 0.3) is 11.6 Å². The fraction of sp³-hybridized carbons (Fsp3) is 0.300. The first-order valence-electron chi connectivity index (χ1n) is 9.54. The smallest absolute Gasteiger partial charge is 0.305 e. The number of allylic oxidation sites excluding steroid dienone is 1. The van der Waals surface area contributed by atoms with E-state index in [1.807, 2.05) is 0 Å². The summed E-state index contributed by atoms with van der Waals surface area (Å²) in [5.41, 5.74) is -0.313. The van der Waals surface area contributed by atoms with E-state index in [-0.39, 0.29) is 56.2 Å². The molecule has 0 aliphatic carbocycles. The van der Waals surface area contributed by atoms with E-state index in [1.54, 1.807) is 6.92 Å². The van der Waals surface area contributed by atoms with E-state index in [1.165, 1.54) is 27.9 Å². The highest BCUT2D eigenvalue weighted by Gasteiger charge is 2.35. The number of anilines is 1. The minimum atomic E-state index is -4.49. The molecule has 2 aliphatic heterocycles. The van der Waals surface area contributed by atoms with Crippen molar-refractivity contribution in [2.24, 2.45) is 4.99 Å². The molecule has 13 heteroatoms. The summed E-state index contributed by atoms with van der Waals surface area (Å²) in [7, 11) is 0. The SMILES string of the molecule is C[C@H]1CN(c2ccc(C(F)(F)F)cc2)C(=O)c2c(CC(=O)C3=NCC([N+](=O)[O-])=C3)cnn21.S. The maximum atomic E-state index is 13.2. The van der Waals surface area contributed by atoms with Gasteiger partial charge in [-0.05, 0) is 31.2 Å². The number of ketones is 1. The van der Waals surface area contributed by atoms with Crippen LogP contribution in [0.3, 0.4) is 0 Å². The zero-order valence-corrected chi connectivity index (χ0v) is 18.2. The minimum Gasteiger partial charge on any atom is -0.305 e. The number of carbonyl (C=O) groups excluding carboxylic acids is 2. The molecule has 2 aromatic rings. The lowest BCUT2D eigenvalue weighted by atomic mass is 10.0. The number of hydrogen-bond donors (Lipinski definition) is 0. The van der Waals surface area contributed by atoms with Crippen molar-refractivity contribution < 1.29 is 27.7 Å². The van der Waals surface area contributed by atoms with Crippen molar-refractivity contribution >= 4 is 36.6 Å². The van der Waals surface area contributed by atoms with Gasteiger partial charge in [-0.2, -0.15) is 31.8 Å². The first-order valence-corrected chi connectivity index (χ1v) is 9.54. The van der Waals surface area contributed by atoms with Gasteiger partial charge >= 0.3 is 6.18 Å². The number of amides is 1. The second-order valence-electron chi connectivity index (χ2n) is 7.47. The first kappa shape index (κ1) is 24.2. The standard InChI is InChI=1S/C20H16F3N5O4.H2S/c1-11-10-26(14-4-2-13(3-5-14)20(21,22)23)19(30)18-12(8-25-27(11)18)6-17(29)16-7-15(9-24-16)28(31)32;/h2-5,7-8,11H,6,9-10H2,1H3;1H2/t11-;/m0./s1. The van der Waals surface area contributed by atoms with Crippen molar-refractivity contribution in [1.29, 1.82) is 0 Å². The third kappa shape index (κ3) is 4.53. The Labute approximate surface area is 192 Å². The van der Waals surface area contributed by atoms with Gasteiger partial charge in [-0.1, -0.05) is 0 Å². The van der Waals surface area contributed by atoms with Gasteiger partial charge < -0.3 is 4.90 Å². The average molecular weight is 481 g/mol. The molecule has 4 rings (SSSR count). The van der Waals surface area contributed by atoms with Crippen LogP contribution in [0.2, 0.25) is 0 Å². The van der Waals surface area contributed by atoms with Crippen LogP contribution in [0, 0.1) is 10.1 Å². The van der Waals surface area contributed by atoms with Gasteiger partial charge in [0.2, 0.25) is 0 Å². The highest BCUT2D eigenvalue weighted by molar-refractivity contribution is 7.59. The highest BCUT2D eigenvalue weighted by Crippen LogP contribution is 2.33. The van der Waals surface area contributed by atoms with Crippen molar-refractivity contribution in [2.75, 3.05) is 18.0 Å². The highest BCUT2D eigenvalue weighted by atomic mass is 32.1. The molecule has 0 unspecified atom stereocenters. The zero-order chi connectivity index (χ0) is 23.2. The number of hydrogen-bond acceptors (Lipinski definition) is 6. The molecule has 0 saturated heterocycles. The summed E-state index contributed by atoms with van der Waals surface area (Å²) < 4.78 is 40.0. The fourth-order valence-corrected chi connectivity index (χ4v) is 3.66. The van der Waals surface area contributed by atoms with Crippen molar-refractivity contribution in [1.82, 2.24) is 9.78 Å². The molecule has 3 heterocycles. The molecule has 2 aliphatic rings. The van der Waals surface area contributed by atoms with Crippen LogP contribution < -0.4 is 4.90 Å². The Morgan fingerprint density at radius 3 is 2.52 bits per heavy atom. The molecule has 9 nitrogen and oxygen atoms in total. The van der Waals surface area contributed by atoms with Gasteiger partial charge in [0.15, 0.2) is 5.78 Å². The summed E-state index contributed by atoms with van der Waals surface area (Å²) in [6.07, 6.45) is -2.24. The predicted octanol–water partition coefficient (Wildman–Crippen LogP) is 2.96. The largest absolute Gasteiger partial charge is 0.416 e. The summed E-state index contributed by atoms with van der Waals surface area (Å²) >= 11 is 0. The number of rotatable bonds is 5. The lowest BCUT2D eigenvalue weighted by Gasteiger charge is -2.32. The first-order chi connectivity index (χ1) is 15.1. The molecule has 0 radical (unpaired) electrons. The third-order valence-corrected chi connectivity index (χ3v) is 5.28. The van der Waals surface area contributed by atoms with Crippen LogP contribution in [0.4, 0.5) is 18.9 Å². The summed E-state index contributed by atoms with van der Waals surface area (Å²) in [6, 6.07) is 3.96. The monoisotopic (exact) mass is 481 g/mol. The second kappa shape index (κ2) is 8.81. The number of benzene rings is 1. The molecule has 174 valence electrons. The summed E-state index contributed by atoms with van der Waals surface area (Å²) in [6.45, 7) is 1.78. The maximum Gasteiger partial charge on any atom is 0.416 e. The minimum absolute atomic E-state index is 0. The van der Waals surface area contributed by atoms with E-state index in [9.17, 15) is 32.9 Å². The van der Waals surface area contributed by atoms with E-state index in [0.29, 0.717) is 11.3 Å². The van der Waals surface area contributed by atoms with Crippen LogP contribution in [-0.4, -0.2) is 45.2 Å². The number of Topliss-reactive ketones (excluding diaryl/α,β-unsaturated/α-hetero) is 1. The molecule has 0 N–H and O–H groups in total. The number of aromatic nitrogens is 2. The van der Waals surface area contributed by atoms with Gasteiger partial charge in [-0.15, -0.1) is 0 Å². The molecular formula is C20H18F3N5O4S. The quantitative estimate of drug-likeness (QED) is 0.482. The van der Waals surface area contributed by atoms with Crippen LogP contribution in [0.5, 0.6) is 0 Å². The van der Waals surface area contributed by atoms with Crippen LogP contribution in [0.1, 0.15) is 34.6 Å². The Morgan fingerprint density at radius 1 is 1.27 bits per heavy atom. The number of fused-ring (bicyclic) bond motifs is 1. The summed E-state index contributed by atoms with van der Waals surface area (Å²) in [5, 5.41) is 15.0. The van der Waals surface area contributed by atoms with Gasteiger partial charge in [-0.3, -0.25) is 29.4 Å². The lowest BCUT2D eigenvalue weighted by molar-refractivity contribution is -0.424. The van der Waals surface area contributed by atoms with Crippen LogP contribution in [0.15, 0.2) is 47.2 Å². The van der Waals surface area contributed by atoms with Crippen LogP contribution >= 0.6 is 13.5 Å². The normalized spacial score (nSPS) is 17.8. The summed E-state index contributed by atoms with van der Waals surface area (Å²) in [5.74, 6) is -0.997. The Balaban J connectivity index is 0.00000306. The van der Waals surface area contributed by atoms with Gasteiger partial charge in [0.05, 0.1) is 22.7 Å². The van der Waals surface area contributed by atoms with Crippen molar-refractivity contribution in [3.8, 4) is 0 Å². The van der Waals surface area contributed by atoms with Gasteiger partial charge in [0.1, 0.15) is 18.0 Å². The Morgan fingerprint density at radius 2 is 1.94 bits per heavy atom. The molecule has 1 atom stereocenters. The summed E-state index contributed by atoms with van der Waals surface area (Å²) in [4.78, 5) is 41.2. The van der Waals surface area contributed by atoms with Crippen molar-refractivity contribution in [2.45, 2.75) is 25.6 Å². The topological polar surface area (TPSA) is 111 Å². The maximum absolute atomic E-state index is 13.2. The van der Waals surface area contributed by atoms with E-state index >= 15 is 0 Å². The second-order valence-corrected chi connectivity index (χ2v) is 7.47. The number of alkyl halides is 3. The van der Waals surface area contributed by atoms with E-state index in [4.69, 9.17) is 0 Å². The molecule has 33 heavy (non-hydrogen) atoms. The molecule has 1 aromatic carbocycles. The molecule has 0 saturated carbocycles. The van der Waals surface area contributed by atoms with Crippen LogP contribution in [-0.2, 0) is 17.4 Å². The van der Waals surface area contributed by atoms with E-state index < -0.39 is 28.4 Å². The molecule has 0 bridgehead atoms. The van der Waals surface area contributed by atoms with E-state index in [2.05, 4.69) is 10.1 Å². The number of carbonyl (C=O) groups is 2. The van der Waals surface area contributed by atoms with Crippen molar-refractivity contribution in [3.05, 3.63) is 69.2 Å². The fourth-order valence-electron chi connectivity index (χ4n) is 3.66. The number of nitro groups is 1. The number of halogens is 3. The molecule has 0 fully saturated rings. The van der Waals surface area contributed by atoms with Crippen LogP contribution in [0.25, 0.3) is 0 Å². The molecule has 0 spiro atoms. The molecule has 1 aromatic heterocycles. The average Bonchev–Trinajstić information content (AvgIpc) is 3.38. The Kier molecular flexibility index (Phi) is 6.45. The number of nitrogens with zero attached hydrogens (tertiary/aromatic N) is 5. The Bertz CT molecular complexity index is 1190. The molecular weight excluding hydrogens is 463 g/mol. The third-order valence-electron chi connectivity index (χ3n) is 5.28.